The number of carbonyl (C=O) groups excluding carboxylic acids is 1. The molecule has 0 amide bonds. The van der Waals surface area contributed by atoms with E-state index in [1.807, 2.05) is 0 Å². The topological polar surface area (TPSA) is 26.3 Å². The van der Waals surface area contributed by atoms with E-state index in [1.165, 1.54) is 0 Å². The summed E-state index contributed by atoms with van der Waals surface area (Å²) in [5.74, 6) is 0.494. The molecule has 110 valence electrons. The standard InChI is InChI=1S/C17H23ClO2/c1-17(2,3)13-6-10-15(11-7-13)20-16(19)12-4-8-14(18)9-5-12/h4-5,8-9,13,15H,6-7,10-11H2,1-3H3. The maximum absolute atomic E-state index is 12.0. The molecule has 0 unspecified atom stereocenters. The van der Waals surface area contributed by atoms with Gasteiger partial charge in [0.05, 0.1) is 5.56 Å². The lowest BCUT2D eigenvalue weighted by atomic mass is 9.72. The zero-order chi connectivity index (χ0) is 14.8. The molecule has 0 saturated heterocycles. The lowest BCUT2D eigenvalue weighted by Crippen LogP contribution is -2.30. The summed E-state index contributed by atoms with van der Waals surface area (Å²) in [6.45, 7) is 6.87. The van der Waals surface area contributed by atoms with Crippen LogP contribution in [0, 0.1) is 11.3 Å². The van der Waals surface area contributed by atoms with Gasteiger partial charge < -0.3 is 4.74 Å². The summed E-state index contributed by atoms with van der Waals surface area (Å²) in [5.41, 5.74) is 0.929. The number of carbonyl (C=O) groups is 1. The van der Waals surface area contributed by atoms with E-state index in [1.54, 1.807) is 24.3 Å². The van der Waals surface area contributed by atoms with Gasteiger partial charge in [0.15, 0.2) is 0 Å². The van der Waals surface area contributed by atoms with Gasteiger partial charge >= 0.3 is 5.97 Å². The molecule has 1 fully saturated rings. The van der Waals surface area contributed by atoms with Crippen LogP contribution in [0.4, 0.5) is 0 Å². The van der Waals surface area contributed by atoms with Crippen molar-refractivity contribution in [3.63, 3.8) is 0 Å². The number of benzene rings is 1. The number of hydrogen-bond donors (Lipinski definition) is 0. The van der Waals surface area contributed by atoms with Gasteiger partial charge in [-0.3, -0.25) is 0 Å². The molecule has 2 nitrogen and oxygen atoms in total. The average Bonchev–Trinajstić information content (AvgIpc) is 2.39. The molecular weight excluding hydrogens is 272 g/mol. The van der Waals surface area contributed by atoms with Crippen molar-refractivity contribution in [3.8, 4) is 0 Å². The van der Waals surface area contributed by atoms with Crippen LogP contribution in [-0.2, 0) is 4.74 Å². The van der Waals surface area contributed by atoms with Crippen LogP contribution in [0.5, 0.6) is 0 Å². The lowest BCUT2D eigenvalue weighted by Gasteiger charge is -2.36. The minimum absolute atomic E-state index is 0.0665. The van der Waals surface area contributed by atoms with Crippen LogP contribution in [0.15, 0.2) is 24.3 Å². The molecule has 0 bridgehead atoms. The SMILES string of the molecule is CC(C)(C)C1CCC(OC(=O)c2ccc(Cl)cc2)CC1. The van der Waals surface area contributed by atoms with Crippen molar-refractivity contribution in [3.05, 3.63) is 34.9 Å². The van der Waals surface area contributed by atoms with E-state index in [9.17, 15) is 4.79 Å². The van der Waals surface area contributed by atoms with Gasteiger partial charge in [-0.15, -0.1) is 0 Å². The monoisotopic (exact) mass is 294 g/mol. The number of halogens is 1. The maximum Gasteiger partial charge on any atom is 0.338 e. The Bertz CT molecular complexity index is 451. The van der Waals surface area contributed by atoms with E-state index in [4.69, 9.17) is 16.3 Å². The lowest BCUT2D eigenvalue weighted by molar-refractivity contribution is 0.00930. The van der Waals surface area contributed by atoms with Gasteiger partial charge in [-0.05, 0) is 61.3 Å². The Morgan fingerprint density at radius 2 is 1.65 bits per heavy atom. The van der Waals surface area contributed by atoms with Crippen molar-refractivity contribution in [1.82, 2.24) is 0 Å². The molecule has 0 aliphatic heterocycles. The second-order valence-electron chi connectivity index (χ2n) is 6.75. The molecule has 0 N–H and O–H groups in total. The molecule has 0 spiro atoms. The summed E-state index contributed by atoms with van der Waals surface area (Å²) in [6.07, 6.45) is 4.30. The molecule has 2 rings (SSSR count). The van der Waals surface area contributed by atoms with E-state index < -0.39 is 0 Å². The Labute approximate surface area is 126 Å². The van der Waals surface area contributed by atoms with Gasteiger partial charge in [0.25, 0.3) is 0 Å². The first kappa shape index (κ1) is 15.4. The highest BCUT2D eigenvalue weighted by Gasteiger charge is 2.31. The smallest absolute Gasteiger partial charge is 0.338 e. The molecule has 1 aromatic carbocycles. The first-order valence-corrected chi connectivity index (χ1v) is 7.70. The van der Waals surface area contributed by atoms with Crippen LogP contribution in [-0.4, -0.2) is 12.1 Å². The van der Waals surface area contributed by atoms with E-state index in [-0.39, 0.29) is 12.1 Å². The fourth-order valence-electron chi connectivity index (χ4n) is 2.85. The Balaban J connectivity index is 1.86. The third-order valence-corrected chi connectivity index (χ3v) is 4.50. The third kappa shape index (κ3) is 3.99. The van der Waals surface area contributed by atoms with Crippen LogP contribution in [0.1, 0.15) is 56.8 Å². The Morgan fingerprint density at radius 1 is 1.10 bits per heavy atom. The molecule has 0 aromatic heterocycles. The Hall–Kier alpha value is -1.02. The minimum atomic E-state index is -0.235. The van der Waals surface area contributed by atoms with Crippen LogP contribution < -0.4 is 0 Å². The average molecular weight is 295 g/mol. The predicted molar refractivity (Wildman–Crippen MR) is 82.1 cm³/mol. The van der Waals surface area contributed by atoms with Gasteiger partial charge in [-0.2, -0.15) is 0 Å². The molecule has 3 heteroatoms. The van der Waals surface area contributed by atoms with E-state index in [0.29, 0.717) is 16.0 Å². The van der Waals surface area contributed by atoms with Gasteiger partial charge in [-0.25, -0.2) is 4.79 Å². The van der Waals surface area contributed by atoms with Crippen LogP contribution in [0.2, 0.25) is 5.02 Å². The summed E-state index contributed by atoms with van der Waals surface area (Å²) in [6, 6.07) is 6.86. The summed E-state index contributed by atoms with van der Waals surface area (Å²) >= 11 is 5.81. The molecule has 1 aromatic rings. The summed E-state index contributed by atoms with van der Waals surface area (Å²) in [4.78, 5) is 12.0. The van der Waals surface area contributed by atoms with Gasteiger partial charge in [-0.1, -0.05) is 32.4 Å². The van der Waals surface area contributed by atoms with Crippen LogP contribution >= 0.6 is 11.6 Å². The van der Waals surface area contributed by atoms with E-state index in [2.05, 4.69) is 20.8 Å². The molecule has 1 saturated carbocycles. The van der Waals surface area contributed by atoms with E-state index >= 15 is 0 Å². The summed E-state index contributed by atoms with van der Waals surface area (Å²) < 4.78 is 5.60. The first-order valence-electron chi connectivity index (χ1n) is 7.33. The maximum atomic E-state index is 12.0. The largest absolute Gasteiger partial charge is 0.459 e. The van der Waals surface area contributed by atoms with Crippen molar-refractivity contribution < 1.29 is 9.53 Å². The number of esters is 1. The second kappa shape index (κ2) is 6.17. The number of ether oxygens (including phenoxy) is 1. The molecule has 20 heavy (non-hydrogen) atoms. The highest BCUT2D eigenvalue weighted by Crippen LogP contribution is 2.38. The van der Waals surface area contributed by atoms with E-state index in [0.717, 1.165) is 31.6 Å². The molecule has 0 heterocycles. The van der Waals surface area contributed by atoms with Crippen molar-refractivity contribution in [2.24, 2.45) is 11.3 Å². The predicted octanol–water partition coefficient (Wildman–Crippen LogP) is 5.10. The normalized spacial score (nSPS) is 23.4. The Kier molecular flexibility index (Phi) is 4.74. The zero-order valence-electron chi connectivity index (χ0n) is 12.5. The van der Waals surface area contributed by atoms with Crippen molar-refractivity contribution >= 4 is 17.6 Å². The molecule has 0 radical (unpaired) electrons. The number of hydrogen-bond acceptors (Lipinski definition) is 2. The summed E-state index contributed by atoms with van der Waals surface area (Å²) in [5, 5.41) is 0.632. The molecule has 0 atom stereocenters. The molecule has 1 aliphatic rings. The third-order valence-electron chi connectivity index (χ3n) is 4.25. The highest BCUT2D eigenvalue weighted by atomic mass is 35.5. The Morgan fingerprint density at radius 3 is 2.15 bits per heavy atom. The number of rotatable bonds is 2. The van der Waals surface area contributed by atoms with Gasteiger partial charge in [0.2, 0.25) is 0 Å². The zero-order valence-corrected chi connectivity index (χ0v) is 13.2. The fraction of sp³-hybridized carbons (Fsp3) is 0.588. The van der Waals surface area contributed by atoms with Gasteiger partial charge in [0.1, 0.15) is 6.10 Å². The van der Waals surface area contributed by atoms with Gasteiger partial charge in [0, 0.05) is 5.02 Å². The molecular formula is C17H23ClO2. The van der Waals surface area contributed by atoms with Crippen LogP contribution in [0.25, 0.3) is 0 Å². The highest BCUT2D eigenvalue weighted by molar-refractivity contribution is 6.30. The van der Waals surface area contributed by atoms with Crippen molar-refractivity contribution in [2.75, 3.05) is 0 Å². The van der Waals surface area contributed by atoms with Crippen molar-refractivity contribution in [1.29, 1.82) is 0 Å². The quantitative estimate of drug-likeness (QED) is 0.709. The second-order valence-corrected chi connectivity index (χ2v) is 7.19. The molecule has 1 aliphatic carbocycles. The first-order chi connectivity index (χ1) is 9.36. The van der Waals surface area contributed by atoms with Crippen molar-refractivity contribution in [2.45, 2.75) is 52.6 Å². The summed E-state index contributed by atoms with van der Waals surface area (Å²) in [7, 11) is 0. The minimum Gasteiger partial charge on any atom is -0.459 e. The van der Waals surface area contributed by atoms with Crippen LogP contribution in [0.3, 0.4) is 0 Å². The fourth-order valence-corrected chi connectivity index (χ4v) is 2.98.